The third-order valence-corrected chi connectivity index (χ3v) is 2.49. The van der Waals surface area contributed by atoms with Crippen molar-refractivity contribution < 1.29 is 9.53 Å². The van der Waals surface area contributed by atoms with Crippen LogP contribution in [0.15, 0.2) is 36.7 Å². The molecule has 0 unspecified atom stereocenters. The maximum absolute atomic E-state index is 11.8. The first kappa shape index (κ1) is 12.2. The van der Waals surface area contributed by atoms with E-state index in [1.807, 2.05) is 25.1 Å². The highest BCUT2D eigenvalue weighted by Gasteiger charge is 2.08. The predicted molar refractivity (Wildman–Crippen MR) is 68.6 cm³/mol. The molecule has 2 aromatic rings. The molecule has 0 aliphatic carbocycles. The molecule has 0 saturated carbocycles. The van der Waals surface area contributed by atoms with Gasteiger partial charge in [0.05, 0.1) is 12.8 Å². The van der Waals surface area contributed by atoms with Crippen LogP contribution in [-0.4, -0.2) is 22.8 Å². The van der Waals surface area contributed by atoms with Crippen LogP contribution < -0.4 is 10.1 Å². The van der Waals surface area contributed by atoms with Gasteiger partial charge in [-0.05, 0) is 30.7 Å². The van der Waals surface area contributed by atoms with E-state index in [1.54, 1.807) is 30.3 Å². The fourth-order valence-corrected chi connectivity index (χ4v) is 1.65. The average Bonchev–Trinajstić information content (AvgIpc) is 2.82. The Balaban J connectivity index is 2.08. The summed E-state index contributed by atoms with van der Waals surface area (Å²) in [6.07, 6.45) is 3.38. The van der Waals surface area contributed by atoms with Gasteiger partial charge in [-0.3, -0.25) is 9.48 Å². The predicted octanol–water partition coefficient (Wildman–Crippen LogP) is 1.84. The van der Waals surface area contributed by atoms with E-state index in [0.29, 0.717) is 11.4 Å². The SMILES string of the molecule is COc1ccc(C)cc1NC(=O)Cn1cccn1. The van der Waals surface area contributed by atoms with Crippen LogP contribution in [0.3, 0.4) is 0 Å². The number of anilines is 1. The van der Waals surface area contributed by atoms with E-state index in [4.69, 9.17) is 4.74 Å². The monoisotopic (exact) mass is 245 g/mol. The second-order valence-electron chi connectivity index (χ2n) is 3.96. The van der Waals surface area contributed by atoms with Gasteiger partial charge in [0.2, 0.25) is 5.91 Å². The quantitative estimate of drug-likeness (QED) is 0.894. The van der Waals surface area contributed by atoms with Crippen LogP contribution in [0.2, 0.25) is 0 Å². The summed E-state index contributed by atoms with van der Waals surface area (Å²) in [5, 5.41) is 6.80. The maximum atomic E-state index is 11.8. The lowest BCUT2D eigenvalue weighted by Gasteiger charge is -2.11. The second kappa shape index (κ2) is 5.35. The minimum absolute atomic E-state index is 0.136. The number of nitrogens with zero attached hydrogens (tertiary/aromatic N) is 2. The summed E-state index contributed by atoms with van der Waals surface area (Å²) in [5.41, 5.74) is 1.74. The van der Waals surface area contributed by atoms with E-state index in [2.05, 4.69) is 10.4 Å². The highest BCUT2D eigenvalue weighted by molar-refractivity contribution is 5.92. The van der Waals surface area contributed by atoms with Crippen molar-refractivity contribution in [2.75, 3.05) is 12.4 Å². The Bertz CT molecular complexity index is 535. The number of ether oxygens (including phenoxy) is 1. The van der Waals surface area contributed by atoms with Gasteiger partial charge in [0.15, 0.2) is 0 Å². The molecule has 1 N–H and O–H groups in total. The van der Waals surface area contributed by atoms with Gasteiger partial charge in [-0.2, -0.15) is 5.10 Å². The zero-order chi connectivity index (χ0) is 13.0. The van der Waals surface area contributed by atoms with Crippen molar-refractivity contribution in [2.24, 2.45) is 0 Å². The summed E-state index contributed by atoms with van der Waals surface area (Å²) >= 11 is 0. The highest BCUT2D eigenvalue weighted by Crippen LogP contribution is 2.25. The van der Waals surface area contributed by atoms with Crippen molar-refractivity contribution in [1.29, 1.82) is 0 Å². The number of carbonyl (C=O) groups excluding carboxylic acids is 1. The molecule has 5 nitrogen and oxygen atoms in total. The van der Waals surface area contributed by atoms with Gasteiger partial charge in [0.25, 0.3) is 0 Å². The molecule has 18 heavy (non-hydrogen) atoms. The molecule has 0 fully saturated rings. The third kappa shape index (κ3) is 2.88. The van der Waals surface area contributed by atoms with Crippen molar-refractivity contribution in [3.8, 4) is 5.75 Å². The molecule has 1 aromatic carbocycles. The Kier molecular flexibility index (Phi) is 3.62. The van der Waals surface area contributed by atoms with Crippen LogP contribution in [0.1, 0.15) is 5.56 Å². The van der Waals surface area contributed by atoms with Gasteiger partial charge in [-0.15, -0.1) is 0 Å². The van der Waals surface area contributed by atoms with Gasteiger partial charge in [-0.1, -0.05) is 6.07 Å². The molecule has 0 atom stereocenters. The zero-order valence-electron chi connectivity index (χ0n) is 10.4. The maximum Gasteiger partial charge on any atom is 0.246 e. The summed E-state index contributed by atoms with van der Waals surface area (Å²) < 4.78 is 6.77. The number of hydrogen-bond acceptors (Lipinski definition) is 3. The molecule has 0 bridgehead atoms. The highest BCUT2D eigenvalue weighted by atomic mass is 16.5. The number of nitrogens with one attached hydrogen (secondary N) is 1. The smallest absolute Gasteiger partial charge is 0.246 e. The Morgan fingerprint density at radius 1 is 1.50 bits per heavy atom. The molecule has 2 rings (SSSR count). The number of benzene rings is 1. The topological polar surface area (TPSA) is 56.1 Å². The van der Waals surface area contributed by atoms with Crippen LogP contribution in [0, 0.1) is 6.92 Å². The molecule has 1 aromatic heterocycles. The number of aryl methyl sites for hydroxylation is 1. The summed E-state index contributed by atoms with van der Waals surface area (Å²) in [5.74, 6) is 0.511. The van der Waals surface area contributed by atoms with Crippen molar-refractivity contribution in [2.45, 2.75) is 13.5 Å². The fourth-order valence-electron chi connectivity index (χ4n) is 1.65. The molecule has 0 aliphatic heterocycles. The number of amides is 1. The van der Waals surface area contributed by atoms with E-state index >= 15 is 0 Å². The van der Waals surface area contributed by atoms with E-state index < -0.39 is 0 Å². The normalized spacial score (nSPS) is 10.1. The van der Waals surface area contributed by atoms with Gasteiger partial charge in [-0.25, -0.2) is 0 Å². The number of methoxy groups -OCH3 is 1. The lowest BCUT2D eigenvalue weighted by atomic mass is 10.2. The average molecular weight is 245 g/mol. The minimum atomic E-state index is -0.136. The van der Waals surface area contributed by atoms with E-state index in [0.717, 1.165) is 5.56 Å². The molecule has 0 spiro atoms. The van der Waals surface area contributed by atoms with Crippen LogP contribution in [0.25, 0.3) is 0 Å². The molecular weight excluding hydrogens is 230 g/mol. The summed E-state index contributed by atoms with van der Waals surface area (Å²) in [6.45, 7) is 2.15. The first-order chi connectivity index (χ1) is 8.69. The molecule has 0 radical (unpaired) electrons. The van der Waals surface area contributed by atoms with Crippen LogP contribution in [0.5, 0.6) is 5.75 Å². The van der Waals surface area contributed by atoms with Crippen molar-refractivity contribution in [3.05, 3.63) is 42.2 Å². The van der Waals surface area contributed by atoms with Crippen LogP contribution in [-0.2, 0) is 11.3 Å². The standard InChI is InChI=1S/C13H15N3O2/c1-10-4-5-12(18-2)11(8-10)15-13(17)9-16-7-3-6-14-16/h3-8H,9H2,1-2H3,(H,15,17). The van der Waals surface area contributed by atoms with Gasteiger partial charge >= 0.3 is 0 Å². The third-order valence-electron chi connectivity index (χ3n) is 2.49. The van der Waals surface area contributed by atoms with Crippen molar-refractivity contribution >= 4 is 11.6 Å². The van der Waals surface area contributed by atoms with Crippen molar-refractivity contribution in [1.82, 2.24) is 9.78 Å². The summed E-state index contributed by atoms with van der Waals surface area (Å²) in [4.78, 5) is 11.8. The largest absolute Gasteiger partial charge is 0.495 e. The molecule has 5 heteroatoms. The number of hydrogen-bond donors (Lipinski definition) is 1. The summed E-state index contributed by atoms with van der Waals surface area (Å²) in [7, 11) is 1.58. The van der Waals surface area contributed by atoms with Crippen LogP contribution >= 0.6 is 0 Å². The van der Waals surface area contributed by atoms with E-state index in [-0.39, 0.29) is 12.5 Å². The molecule has 94 valence electrons. The second-order valence-corrected chi connectivity index (χ2v) is 3.96. The first-order valence-corrected chi connectivity index (χ1v) is 5.61. The van der Waals surface area contributed by atoms with Gasteiger partial charge in [0, 0.05) is 12.4 Å². The molecule has 0 aliphatic rings. The zero-order valence-corrected chi connectivity index (χ0v) is 10.4. The number of rotatable bonds is 4. The molecule has 0 saturated heterocycles. The Hall–Kier alpha value is -2.30. The van der Waals surface area contributed by atoms with E-state index in [1.165, 1.54) is 0 Å². The van der Waals surface area contributed by atoms with Gasteiger partial charge in [0.1, 0.15) is 12.3 Å². The Labute approximate surface area is 105 Å². The molecular formula is C13H15N3O2. The lowest BCUT2D eigenvalue weighted by molar-refractivity contribution is -0.116. The minimum Gasteiger partial charge on any atom is -0.495 e. The van der Waals surface area contributed by atoms with Crippen LogP contribution in [0.4, 0.5) is 5.69 Å². The number of carbonyl (C=O) groups is 1. The van der Waals surface area contributed by atoms with E-state index in [9.17, 15) is 4.79 Å². The fraction of sp³-hybridized carbons (Fsp3) is 0.231. The lowest BCUT2D eigenvalue weighted by Crippen LogP contribution is -2.19. The van der Waals surface area contributed by atoms with Gasteiger partial charge < -0.3 is 10.1 Å². The van der Waals surface area contributed by atoms with Crippen molar-refractivity contribution in [3.63, 3.8) is 0 Å². The number of aromatic nitrogens is 2. The Morgan fingerprint density at radius 2 is 2.33 bits per heavy atom. The Morgan fingerprint density at radius 3 is 3.00 bits per heavy atom. The first-order valence-electron chi connectivity index (χ1n) is 5.61. The summed E-state index contributed by atoms with van der Waals surface area (Å²) in [6, 6.07) is 7.42. The molecule has 1 amide bonds. The molecule has 1 heterocycles.